The Morgan fingerprint density at radius 3 is 2.11 bits per heavy atom. The standard InChI is InChI=1S/C22H28O6/c1-3-10-25-13-18(23)15-27-20-8-9-21-17(12-20)6-5-7-22(21)28-16-19(24)14-26-11-4-2/h3-9,12,18-19,23-24H,1-2,10-11,13-16H2. The molecule has 0 aliphatic carbocycles. The Hall–Kier alpha value is -2.38. The van der Waals surface area contributed by atoms with Crippen molar-refractivity contribution in [2.45, 2.75) is 12.2 Å². The molecule has 0 heterocycles. The summed E-state index contributed by atoms with van der Waals surface area (Å²) in [6.45, 7) is 8.54. The summed E-state index contributed by atoms with van der Waals surface area (Å²) in [5, 5.41) is 21.6. The van der Waals surface area contributed by atoms with Crippen LogP contribution in [0.2, 0.25) is 0 Å². The molecular formula is C22H28O6. The highest BCUT2D eigenvalue weighted by Crippen LogP contribution is 2.29. The molecule has 0 bridgehead atoms. The van der Waals surface area contributed by atoms with Crippen LogP contribution in [0, 0.1) is 0 Å². The van der Waals surface area contributed by atoms with Crippen LogP contribution in [-0.2, 0) is 9.47 Å². The van der Waals surface area contributed by atoms with Crippen molar-refractivity contribution in [3.63, 3.8) is 0 Å². The fraction of sp³-hybridized carbons (Fsp3) is 0.364. The number of hydrogen-bond donors (Lipinski definition) is 2. The number of aliphatic hydroxyl groups excluding tert-OH is 2. The summed E-state index contributed by atoms with van der Waals surface area (Å²) in [5.41, 5.74) is 0. The van der Waals surface area contributed by atoms with E-state index in [0.717, 1.165) is 10.8 Å². The highest BCUT2D eigenvalue weighted by Gasteiger charge is 2.09. The number of fused-ring (bicyclic) bond motifs is 1. The summed E-state index contributed by atoms with van der Waals surface area (Å²) in [4.78, 5) is 0. The molecule has 0 aromatic heterocycles. The maximum Gasteiger partial charge on any atom is 0.127 e. The molecule has 0 aliphatic rings. The van der Waals surface area contributed by atoms with E-state index in [9.17, 15) is 10.2 Å². The Bertz CT molecular complexity index is 745. The Balaban J connectivity index is 1.92. The first-order valence-electron chi connectivity index (χ1n) is 9.15. The Kier molecular flexibility index (Phi) is 9.51. The molecule has 152 valence electrons. The van der Waals surface area contributed by atoms with Crippen molar-refractivity contribution in [2.24, 2.45) is 0 Å². The molecule has 6 nitrogen and oxygen atoms in total. The largest absolute Gasteiger partial charge is 0.491 e. The summed E-state index contributed by atoms with van der Waals surface area (Å²) in [7, 11) is 0. The van der Waals surface area contributed by atoms with Gasteiger partial charge in [0.05, 0.1) is 26.4 Å². The average Bonchev–Trinajstić information content (AvgIpc) is 2.71. The lowest BCUT2D eigenvalue weighted by molar-refractivity contribution is 0.0214. The predicted octanol–water partition coefficient (Wildman–Crippen LogP) is 2.72. The number of ether oxygens (including phenoxy) is 4. The lowest BCUT2D eigenvalue weighted by atomic mass is 10.1. The topological polar surface area (TPSA) is 77.4 Å². The van der Waals surface area contributed by atoms with Crippen molar-refractivity contribution < 1.29 is 29.2 Å². The van der Waals surface area contributed by atoms with Crippen LogP contribution in [0.5, 0.6) is 11.5 Å². The molecule has 2 aromatic rings. The molecule has 0 saturated carbocycles. The molecule has 0 saturated heterocycles. The summed E-state index contributed by atoms with van der Waals surface area (Å²) in [6.07, 6.45) is 1.83. The predicted molar refractivity (Wildman–Crippen MR) is 109 cm³/mol. The zero-order valence-electron chi connectivity index (χ0n) is 16.0. The lowest BCUT2D eigenvalue weighted by Crippen LogP contribution is -2.23. The minimum atomic E-state index is -0.720. The Morgan fingerprint density at radius 2 is 1.46 bits per heavy atom. The van der Waals surface area contributed by atoms with Gasteiger partial charge in [0.25, 0.3) is 0 Å². The van der Waals surface area contributed by atoms with Gasteiger partial charge in [0.2, 0.25) is 0 Å². The zero-order valence-corrected chi connectivity index (χ0v) is 16.0. The van der Waals surface area contributed by atoms with Crippen molar-refractivity contribution in [3.05, 3.63) is 61.7 Å². The lowest BCUT2D eigenvalue weighted by Gasteiger charge is -2.15. The van der Waals surface area contributed by atoms with Crippen LogP contribution in [0.3, 0.4) is 0 Å². The average molecular weight is 388 g/mol. The van der Waals surface area contributed by atoms with E-state index >= 15 is 0 Å². The van der Waals surface area contributed by atoms with Crippen molar-refractivity contribution in [2.75, 3.05) is 39.6 Å². The highest BCUT2D eigenvalue weighted by molar-refractivity contribution is 5.89. The highest BCUT2D eigenvalue weighted by atomic mass is 16.5. The SMILES string of the molecule is C=CCOCC(O)COc1ccc2c(OCC(O)COCC=C)cccc2c1. The molecule has 2 N–H and O–H groups in total. The molecule has 28 heavy (non-hydrogen) atoms. The monoisotopic (exact) mass is 388 g/mol. The summed E-state index contributed by atoms with van der Waals surface area (Å²) < 4.78 is 21.8. The van der Waals surface area contributed by atoms with E-state index < -0.39 is 12.2 Å². The second-order valence-electron chi connectivity index (χ2n) is 6.22. The first kappa shape index (κ1) is 21.9. The van der Waals surface area contributed by atoms with Gasteiger partial charge in [-0.25, -0.2) is 0 Å². The van der Waals surface area contributed by atoms with Crippen molar-refractivity contribution in [1.82, 2.24) is 0 Å². The van der Waals surface area contributed by atoms with Crippen LogP contribution < -0.4 is 9.47 Å². The zero-order chi connectivity index (χ0) is 20.2. The minimum absolute atomic E-state index is 0.130. The molecule has 2 atom stereocenters. The van der Waals surface area contributed by atoms with Crippen molar-refractivity contribution >= 4 is 10.8 Å². The normalized spacial score (nSPS) is 13.1. The third kappa shape index (κ3) is 7.32. The summed E-state index contributed by atoms with van der Waals surface area (Å²) >= 11 is 0. The first-order valence-corrected chi connectivity index (χ1v) is 9.15. The molecule has 2 unspecified atom stereocenters. The van der Waals surface area contributed by atoms with Crippen LogP contribution in [0.25, 0.3) is 10.8 Å². The number of benzene rings is 2. The Labute approximate surface area is 165 Å². The van der Waals surface area contributed by atoms with Crippen LogP contribution in [0.4, 0.5) is 0 Å². The van der Waals surface area contributed by atoms with Gasteiger partial charge in [0.15, 0.2) is 0 Å². The van der Waals surface area contributed by atoms with Crippen LogP contribution in [0.1, 0.15) is 0 Å². The van der Waals surface area contributed by atoms with Gasteiger partial charge in [-0.3, -0.25) is 0 Å². The first-order chi connectivity index (χ1) is 13.6. The van der Waals surface area contributed by atoms with Gasteiger partial charge in [-0.2, -0.15) is 0 Å². The van der Waals surface area contributed by atoms with E-state index in [1.54, 1.807) is 12.2 Å². The van der Waals surface area contributed by atoms with Crippen LogP contribution >= 0.6 is 0 Å². The second kappa shape index (κ2) is 12.2. The van der Waals surface area contributed by atoms with Crippen LogP contribution in [-0.4, -0.2) is 62.1 Å². The maximum absolute atomic E-state index is 9.91. The molecular weight excluding hydrogens is 360 g/mol. The number of aliphatic hydroxyl groups is 2. The number of rotatable bonds is 14. The minimum Gasteiger partial charge on any atom is -0.491 e. The molecule has 0 fully saturated rings. The van der Waals surface area contributed by atoms with Gasteiger partial charge >= 0.3 is 0 Å². The van der Waals surface area contributed by atoms with Gasteiger partial charge in [-0.1, -0.05) is 24.3 Å². The quantitative estimate of drug-likeness (QED) is 0.383. The fourth-order valence-corrected chi connectivity index (χ4v) is 2.50. The van der Waals surface area contributed by atoms with E-state index in [0.29, 0.717) is 24.7 Å². The van der Waals surface area contributed by atoms with E-state index in [2.05, 4.69) is 13.2 Å². The van der Waals surface area contributed by atoms with Gasteiger partial charge in [-0.15, -0.1) is 13.2 Å². The van der Waals surface area contributed by atoms with Crippen molar-refractivity contribution in [1.29, 1.82) is 0 Å². The van der Waals surface area contributed by atoms with Gasteiger partial charge < -0.3 is 29.2 Å². The third-order valence-corrected chi connectivity index (χ3v) is 3.78. The molecule has 2 aromatic carbocycles. The van der Waals surface area contributed by atoms with Crippen molar-refractivity contribution in [3.8, 4) is 11.5 Å². The molecule has 0 radical (unpaired) electrons. The third-order valence-electron chi connectivity index (χ3n) is 3.78. The number of hydrogen-bond acceptors (Lipinski definition) is 6. The molecule has 2 rings (SSSR count). The van der Waals surface area contributed by atoms with E-state index in [1.807, 2.05) is 36.4 Å². The second-order valence-corrected chi connectivity index (χ2v) is 6.22. The fourth-order valence-electron chi connectivity index (χ4n) is 2.50. The maximum atomic E-state index is 9.91. The van der Waals surface area contributed by atoms with E-state index in [1.165, 1.54) is 0 Å². The molecule has 6 heteroatoms. The summed E-state index contributed by atoms with van der Waals surface area (Å²) in [5.74, 6) is 1.31. The van der Waals surface area contributed by atoms with Gasteiger partial charge in [0, 0.05) is 5.39 Å². The Morgan fingerprint density at radius 1 is 0.821 bits per heavy atom. The molecule has 0 aliphatic heterocycles. The molecule has 0 amide bonds. The van der Waals surface area contributed by atoms with Gasteiger partial charge in [-0.05, 0) is 29.7 Å². The van der Waals surface area contributed by atoms with Crippen LogP contribution in [0.15, 0.2) is 61.7 Å². The van der Waals surface area contributed by atoms with Gasteiger partial charge in [0.1, 0.15) is 36.9 Å². The van der Waals surface area contributed by atoms with E-state index in [4.69, 9.17) is 18.9 Å². The smallest absolute Gasteiger partial charge is 0.127 e. The molecule has 0 spiro atoms. The summed E-state index contributed by atoms with van der Waals surface area (Å²) in [6, 6.07) is 11.3. The van der Waals surface area contributed by atoms with E-state index in [-0.39, 0.29) is 26.4 Å².